The van der Waals surface area contributed by atoms with Crippen LogP contribution in [0.4, 0.5) is 0 Å². The minimum Gasteiger partial charge on any atom is -0.461 e. The van der Waals surface area contributed by atoms with E-state index in [1.54, 1.807) is 0 Å². The summed E-state index contributed by atoms with van der Waals surface area (Å²) in [5, 5.41) is 0. The van der Waals surface area contributed by atoms with Crippen molar-refractivity contribution in [3.05, 3.63) is 24.8 Å². The number of ether oxygens (including phenoxy) is 1. The molecule has 1 saturated carbocycles. The lowest BCUT2D eigenvalue weighted by Crippen LogP contribution is -2.44. The maximum absolute atomic E-state index is 11.7. The van der Waals surface area contributed by atoms with Crippen LogP contribution in [0.5, 0.6) is 0 Å². The molecule has 0 aromatic heterocycles. The van der Waals surface area contributed by atoms with Gasteiger partial charge in [-0.2, -0.15) is 0 Å². The van der Waals surface area contributed by atoms with Gasteiger partial charge in [0.25, 0.3) is 0 Å². The molecule has 1 saturated heterocycles. The van der Waals surface area contributed by atoms with Crippen LogP contribution in [-0.2, 0) is 9.53 Å². The van der Waals surface area contributed by atoms with Crippen LogP contribution in [0.2, 0.25) is 0 Å². The van der Waals surface area contributed by atoms with Gasteiger partial charge in [-0.05, 0) is 25.2 Å². The van der Waals surface area contributed by atoms with Crippen molar-refractivity contribution in [2.45, 2.75) is 39.7 Å². The van der Waals surface area contributed by atoms with Gasteiger partial charge < -0.3 is 4.74 Å². The summed E-state index contributed by atoms with van der Waals surface area (Å²) in [6, 6.07) is 0. The van der Waals surface area contributed by atoms with Crippen LogP contribution >= 0.6 is 0 Å². The van der Waals surface area contributed by atoms with Crippen LogP contribution in [0.1, 0.15) is 33.6 Å². The molecule has 0 bridgehead atoms. The van der Waals surface area contributed by atoms with E-state index in [4.69, 9.17) is 4.74 Å². The largest absolute Gasteiger partial charge is 0.461 e. The maximum atomic E-state index is 11.7. The molecule has 1 aliphatic heterocycles. The Kier molecular flexibility index (Phi) is 2.92. The average molecular weight is 234 g/mol. The van der Waals surface area contributed by atoms with Crippen molar-refractivity contribution in [1.29, 1.82) is 0 Å². The fourth-order valence-corrected chi connectivity index (χ4v) is 3.60. The topological polar surface area (TPSA) is 26.3 Å². The second-order valence-corrected chi connectivity index (χ2v) is 5.93. The number of carbonyl (C=O) groups is 1. The number of rotatable bonds is 2. The van der Waals surface area contributed by atoms with Gasteiger partial charge in [0.05, 0.1) is 5.92 Å². The third kappa shape index (κ3) is 1.74. The Balaban J connectivity index is 2.36. The summed E-state index contributed by atoms with van der Waals surface area (Å²) in [5.74, 6) is 0.570. The van der Waals surface area contributed by atoms with Crippen molar-refractivity contribution in [3.63, 3.8) is 0 Å². The van der Waals surface area contributed by atoms with Gasteiger partial charge in [-0.1, -0.05) is 32.1 Å². The molecule has 94 valence electrons. The van der Waals surface area contributed by atoms with E-state index in [0.717, 1.165) is 18.4 Å². The molecule has 17 heavy (non-hydrogen) atoms. The first-order chi connectivity index (χ1) is 7.90. The zero-order valence-corrected chi connectivity index (χ0v) is 11.0. The molecule has 2 aliphatic rings. The molecular weight excluding hydrogens is 212 g/mol. The Hall–Kier alpha value is -1.05. The van der Waals surface area contributed by atoms with Gasteiger partial charge in [-0.3, -0.25) is 4.79 Å². The molecular formula is C15H22O2. The molecule has 0 radical (unpaired) electrons. The number of allylic oxidation sites excluding steroid dienone is 1. The van der Waals surface area contributed by atoms with Gasteiger partial charge in [0.15, 0.2) is 0 Å². The Morgan fingerprint density at radius 3 is 2.76 bits per heavy atom. The fourth-order valence-electron chi connectivity index (χ4n) is 3.60. The molecule has 0 aromatic rings. The Labute approximate surface area is 104 Å². The lowest BCUT2D eigenvalue weighted by molar-refractivity contribution is -0.146. The fraction of sp³-hybridized carbons (Fsp3) is 0.667. The zero-order valence-electron chi connectivity index (χ0n) is 11.0. The van der Waals surface area contributed by atoms with Gasteiger partial charge >= 0.3 is 5.97 Å². The minimum absolute atomic E-state index is 0.00625. The third-order valence-corrected chi connectivity index (χ3v) is 4.74. The summed E-state index contributed by atoms with van der Waals surface area (Å²) >= 11 is 0. The van der Waals surface area contributed by atoms with Crippen molar-refractivity contribution in [2.24, 2.45) is 23.2 Å². The summed E-state index contributed by atoms with van der Waals surface area (Å²) in [5.41, 5.74) is 1.11. The summed E-state index contributed by atoms with van der Waals surface area (Å²) in [6.07, 6.45) is 4.13. The molecule has 0 spiro atoms. The third-order valence-electron chi connectivity index (χ3n) is 4.74. The quantitative estimate of drug-likeness (QED) is 0.541. The first-order valence-electron chi connectivity index (χ1n) is 6.40. The molecule has 5 atom stereocenters. The lowest BCUT2D eigenvalue weighted by Gasteiger charge is -2.45. The van der Waals surface area contributed by atoms with E-state index in [-0.39, 0.29) is 29.3 Å². The van der Waals surface area contributed by atoms with E-state index in [9.17, 15) is 4.79 Å². The van der Waals surface area contributed by atoms with Gasteiger partial charge in [-0.25, -0.2) is 0 Å². The van der Waals surface area contributed by atoms with Crippen LogP contribution in [-0.4, -0.2) is 12.1 Å². The molecule has 2 heteroatoms. The van der Waals surface area contributed by atoms with Crippen LogP contribution in [0.3, 0.4) is 0 Å². The first-order valence-corrected chi connectivity index (χ1v) is 6.40. The summed E-state index contributed by atoms with van der Waals surface area (Å²) < 4.78 is 5.60. The second kappa shape index (κ2) is 4.01. The molecule has 0 aromatic carbocycles. The molecule has 1 heterocycles. The highest BCUT2D eigenvalue weighted by atomic mass is 16.6. The van der Waals surface area contributed by atoms with E-state index in [1.165, 1.54) is 0 Å². The molecule has 0 N–H and O–H groups in total. The van der Waals surface area contributed by atoms with Crippen LogP contribution in [0.15, 0.2) is 24.8 Å². The van der Waals surface area contributed by atoms with Crippen LogP contribution < -0.4 is 0 Å². The molecule has 1 aliphatic carbocycles. The van der Waals surface area contributed by atoms with Gasteiger partial charge in [0.2, 0.25) is 0 Å². The summed E-state index contributed by atoms with van der Waals surface area (Å²) in [6.45, 7) is 14.3. The Morgan fingerprint density at radius 1 is 1.59 bits per heavy atom. The van der Waals surface area contributed by atoms with Gasteiger partial charge in [-0.15, -0.1) is 6.58 Å². The summed E-state index contributed by atoms with van der Waals surface area (Å²) in [4.78, 5) is 11.7. The minimum atomic E-state index is -0.0421. The maximum Gasteiger partial charge on any atom is 0.309 e. The Bertz CT molecular complexity index is 371. The van der Waals surface area contributed by atoms with Crippen molar-refractivity contribution in [3.8, 4) is 0 Å². The molecule has 0 amide bonds. The molecule has 5 unspecified atom stereocenters. The average Bonchev–Trinajstić information content (AvgIpc) is 2.54. The standard InChI is InChI=1S/C15H22O2/c1-6-15(5)8-7-11-10(4)14(16)17-13(11)12(15)9(2)3/h6,10-13H,1-2,7-8H2,3-5H3. The zero-order chi connectivity index (χ0) is 12.8. The van der Waals surface area contributed by atoms with Crippen molar-refractivity contribution < 1.29 is 9.53 Å². The predicted octanol–water partition coefficient (Wildman–Crippen LogP) is 3.34. The normalized spacial score (nSPS) is 45.0. The van der Waals surface area contributed by atoms with E-state index < -0.39 is 0 Å². The highest BCUT2D eigenvalue weighted by molar-refractivity contribution is 5.75. The number of esters is 1. The molecule has 2 rings (SSSR count). The number of fused-ring (bicyclic) bond motifs is 1. The van der Waals surface area contributed by atoms with Crippen molar-refractivity contribution >= 4 is 5.97 Å². The number of hydrogen-bond acceptors (Lipinski definition) is 2. The smallest absolute Gasteiger partial charge is 0.309 e. The van der Waals surface area contributed by atoms with Gasteiger partial charge in [0.1, 0.15) is 6.10 Å². The molecule has 2 fully saturated rings. The first kappa shape index (κ1) is 12.4. The van der Waals surface area contributed by atoms with Crippen molar-refractivity contribution in [2.75, 3.05) is 0 Å². The predicted molar refractivity (Wildman–Crippen MR) is 68.4 cm³/mol. The highest BCUT2D eigenvalue weighted by Crippen LogP contribution is 2.52. The van der Waals surface area contributed by atoms with E-state index in [2.05, 4.69) is 20.1 Å². The molecule has 2 nitrogen and oxygen atoms in total. The highest BCUT2D eigenvalue weighted by Gasteiger charge is 2.53. The van der Waals surface area contributed by atoms with E-state index >= 15 is 0 Å². The van der Waals surface area contributed by atoms with Crippen LogP contribution in [0.25, 0.3) is 0 Å². The van der Waals surface area contributed by atoms with Gasteiger partial charge in [0, 0.05) is 11.8 Å². The number of carbonyl (C=O) groups excluding carboxylic acids is 1. The van der Waals surface area contributed by atoms with E-state index in [1.807, 2.05) is 19.9 Å². The monoisotopic (exact) mass is 234 g/mol. The number of hydrogen-bond donors (Lipinski definition) is 0. The SMILES string of the molecule is C=CC1(C)CCC2C(C)C(=O)OC2C1C(=C)C. The summed E-state index contributed by atoms with van der Waals surface area (Å²) in [7, 11) is 0. The Morgan fingerprint density at radius 2 is 2.24 bits per heavy atom. The lowest BCUT2D eigenvalue weighted by atomic mass is 9.59. The second-order valence-electron chi connectivity index (χ2n) is 5.93. The van der Waals surface area contributed by atoms with E-state index in [0.29, 0.717) is 5.92 Å². The van der Waals surface area contributed by atoms with Crippen LogP contribution in [0, 0.1) is 23.2 Å². The van der Waals surface area contributed by atoms with Crippen molar-refractivity contribution in [1.82, 2.24) is 0 Å².